The van der Waals surface area contributed by atoms with Crippen molar-refractivity contribution in [2.24, 2.45) is 5.10 Å². The minimum absolute atomic E-state index is 0.0250. The molecule has 34 heavy (non-hydrogen) atoms. The van der Waals surface area contributed by atoms with Crippen LogP contribution in [-0.2, 0) is 4.79 Å². The number of carbonyl (C=O) groups is 1. The van der Waals surface area contributed by atoms with Crippen LogP contribution in [0.3, 0.4) is 0 Å². The number of hydrogen-bond donors (Lipinski definition) is 0. The first-order valence-electron chi connectivity index (χ1n) is 10.0. The predicted molar refractivity (Wildman–Crippen MR) is 128 cm³/mol. The number of rotatable bonds is 3. The van der Waals surface area contributed by atoms with Gasteiger partial charge in [0.25, 0.3) is 5.91 Å². The maximum Gasteiger partial charge on any atom is 0.280 e. The zero-order chi connectivity index (χ0) is 25.1. The number of benzene rings is 2. The van der Waals surface area contributed by atoms with Crippen molar-refractivity contribution in [1.29, 1.82) is 0 Å². The molecule has 1 aromatic heterocycles. The number of carbonyl (C=O) groups excluding carboxylic acids is 1. The van der Waals surface area contributed by atoms with E-state index < -0.39 is 40.7 Å². The molecule has 0 aliphatic carbocycles. The summed E-state index contributed by atoms with van der Waals surface area (Å²) in [5, 5.41) is 3.99. The van der Waals surface area contributed by atoms with Crippen LogP contribution in [0.5, 0.6) is 0 Å². The van der Waals surface area contributed by atoms with Crippen molar-refractivity contribution in [2.45, 2.75) is 27.7 Å². The zero-order valence-corrected chi connectivity index (χ0v) is 20.6. The average molecular weight is 585 g/mol. The molecule has 0 atom stereocenters. The number of hydrogen-bond acceptors (Lipinski definition) is 2. The number of anilines is 1. The minimum atomic E-state index is -2.31. The van der Waals surface area contributed by atoms with Gasteiger partial charge in [-0.25, -0.2) is 22.0 Å². The Labute approximate surface area is 205 Å². The number of halogens is 6. The smallest absolute Gasteiger partial charge is 0.280 e. The highest BCUT2D eigenvalue weighted by molar-refractivity contribution is 14.1. The summed E-state index contributed by atoms with van der Waals surface area (Å²) in [6.07, 6.45) is 1.49. The van der Waals surface area contributed by atoms with E-state index in [1.54, 1.807) is 0 Å². The van der Waals surface area contributed by atoms with Crippen molar-refractivity contribution in [3.63, 3.8) is 0 Å². The van der Waals surface area contributed by atoms with Crippen LogP contribution in [0.2, 0.25) is 0 Å². The van der Waals surface area contributed by atoms with Crippen molar-refractivity contribution in [2.75, 3.05) is 5.01 Å². The third-order valence-corrected chi connectivity index (χ3v) is 6.84. The molecule has 3 aromatic rings. The summed E-state index contributed by atoms with van der Waals surface area (Å²) < 4.78 is 72.4. The maximum atomic E-state index is 14.3. The maximum absolute atomic E-state index is 14.3. The van der Waals surface area contributed by atoms with Crippen molar-refractivity contribution in [3.05, 3.63) is 85.0 Å². The number of nitrogens with zero attached hydrogens (tertiary/aromatic N) is 3. The standard InChI is InChI=1S/C24H17F5IN3O/c1-10-7-15(5-6-17(10)30)32-11(2)8-14(13(32)4)9-16-12(3)31-33(24(16)34)23-21(28)19(26)18(25)20(27)22(23)29/h5-9H,1-4H3/b16-9-. The Bertz CT molecular complexity index is 1410. The summed E-state index contributed by atoms with van der Waals surface area (Å²) >= 11 is 2.24. The molecule has 1 amide bonds. The predicted octanol–water partition coefficient (Wildman–Crippen LogP) is 6.51. The molecule has 0 N–H and O–H groups in total. The minimum Gasteiger partial charge on any atom is -0.318 e. The summed E-state index contributed by atoms with van der Waals surface area (Å²) in [6, 6.07) is 7.81. The Morgan fingerprint density at radius 3 is 2.06 bits per heavy atom. The molecular weight excluding hydrogens is 568 g/mol. The highest BCUT2D eigenvalue weighted by Gasteiger charge is 2.37. The fourth-order valence-corrected chi connectivity index (χ4v) is 4.21. The van der Waals surface area contributed by atoms with Gasteiger partial charge in [0.05, 0.1) is 11.3 Å². The van der Waals surface area contributed by atoms with E-state index in [0.29, 0.717) is 5.56 Å². The number of hydrazone groups is 1. The molecule has 1 aliphatic heterocycles. The fourth-order valence-electron chi connectivity index (χ4n) is 3.87. The molecule has 2 aromatic carbocycles. The molecule has 4 rings (SSSR count). The third-order valence-electron chi connectivity index (χ3n) is 5.63. The molecule has 0 unspecified atom stereocenters. The van der Waals surface area contributed by atoms with Crippen LogP contribution in [0.4, 0.5) is 27.6 Å². The van der Waals surface area contributed by atoms with Gasteiger partial charge in [0.15, 0.2) is 23.3 Å². The van der Waals surface area contributed by atoms with Crippen molar-refractivity contribution < 1.29 is 26.7 Å². The van der Waals surface area contributed by atoms with Crippen molar-refractivity contribution in [1.82, 2.24) is 4.57 Å². The lowest BCUT2D eigenvalue weighted by molar-refractivity contribution is -0.114. The van der Waals surface area contributed by atoms with E-state index in [1.165, 1.54) is 13.0 Å². The SMILES string of the molecule is CC1=NN(c2c(F)c(F)c(F)c(F)c2F)C(=O)/C1=C\c1cc(C)n(-c2ccc(I)c(C)c2)c1C. The van der Waals surface area contributed by atoms with E-state index in [-0.39, 0.29) is 16.3 Å². The van der Waals surface area contributed by atoms with Gasteiger partial charge in [-0.05, 0) is 91.8 Å². The van der Waals surface area contributed by atoms with Gasteiger partial charge < -0.3 is 4.57 Å². The molecule has 0 spiro atoms. The summed E-state index contributed by atoms with van der Waals surface area (Å²) in [7, 11) is 0. The first-order valence-corrected chi connectivity index (χ1v) is 11.1. The number of amides is 1. The van der Waals surface area contributed by atoms with Gasteiger partial charge >= 0.3 is 0 Å². The molecule has 0 radical (unpaired) electrons. The van der Waals surface area contributed by atoms with Gasteiger partial charge in [0, 0.05) is 20.6 Å². The van der Waals surface area contributed by atoms with Crippen LogP contribution >= 0.6 is 22.6 Å². The fraction of sp³-hybridized carbons (Fsp3) is 0.167. The van der Waals surface area contributed by atoms with Crippen molar-refractivity contribution >= 4 is 46.0 Å². The largest absolute Gasteiger partial charge is 0.318 e. The quantitative estimate of drug-likeness (QED) is 0.114. The Kier molecular flexibility index (Phi) is 6.13. The van der Waals surface area contributed by atoms with Crippen LogP contribution in [0.1, 0.15) is 29.4 Å². The Morgan fingerprint density at radius 2 is 1.47 bits per heavy atom. The lowest BCUT2D eigenvalue weighted by atomic mass is 10.1. The van der Waals surface area contributed by atoms with Gasteiger partial charge in [0.2, 0.25) is 5.82 Å². The van der Waals surface area contributed by atoms with Gasteiger partial charge in [0.1, 0.15) is 5.69 Å². The van der Waals surface area contributed by atoms with E-state index >= 15 is 0 Å². The molecule has 0 saturated heterocycles. The highest BCUT2D eigenvalue weighted by Crippen LogP contribution is 2.34. The monoisotopic (exact) mass is 585 g/mol. The summed E-state index contributed by atoms with van der Waals surface area (Å²) in [5.41, 5.74) is 2.96. The average Bonchev–Trinajstić information content (AvgIpc) is 3.22. The Balaban J connectivity index is 1.78. The Hall–Kier alpha value is -3.02. The molecule has 4 nitrogen and oxygen atoms in total. The van der Waals surface area contributed by atoms with Crippen LogP contribution < -0.4 is 5.01 Å². The first kappa shape index (κ1) is 24.1. The number of aromatic nitrogens is 1. The van der Waals surface area contributed by atoms with Gasteiger partial charge in [-0.3, -0.25) is 4.79 Å². The van der Waals surface area contributed by atoms with Crippen molar-refractivity contribution in [3.8, 4) is 5.69 Å². The second-order valence-corrected chi connectivity index (χ2v) is 9.04. The molecule has 2 heterocycles. The van der Waals surface area contributed by atoms with Gasteiger partial charge in [-0.15, -0.1) is 0 Å². The van der Waals surface area contributed by atoms with E-state index in [9.17, 15) is 26.7 Å². The lowest BCUT2D eigenvalue weighted by Gasteiger charge is -2.15. The first-order chi connectivity index (χ1) is 15.9. The third kappa shape index (κ3) is 3.73. The Morgan fingerprint density at radius 1 is 0.882 bits per heavy atom. The van der Waals surface area contributed by atoms with Crippen LogP contribution in [0.25, 0.3) is 11.8 Å². The van der Waals surface area contributed by atoms with Crippen LogP contribution in [-0.4, -0.2) is 16.2 Å². The molecule has 0 saturated carbocycles. The normalized spacial score (nSPS) is 15.0. The van der Waals surface area contributed by atoms with Gasteiger partial charge in [-0.1, -0.05) is 0 Å². The lowest BCUT2D eigenvalue weighted by Crippen LogP contribution is -2.25. The summed E-state index contributed by atoms with van der Waals surface area (Å²) in [6.45, 7) is 7.14. The zero-order valence-electron chi connectivity index (χ0n) is 18.4. The summed E-state index contributed by atoms with van der Waals surface area (Å²) in [4.78, 5) is 13.0. The second kappa shape index (κ2) is 8.64. The van der Waals surface area contributed by atoms with Crippen LogP contribution in [0, 0.1) is 53.4 Å². The van der Waals surface area contributed by atoms with Crippen LogP contribution in [0.15, 0.2) is 34.9 Å². The number of aryl methyl sites for hydroxylation is 2. The van der Waals surface area contributed by atoms with Gasteiger partial charge in [-0.2, -0.15) is 10.1 Å². The molecule has 10 heteroatoms. The second-order valence-electron chi connectivity index (χ2n) is 7.87. The molecule has 0 bridgehead atoms. The molecule has 1 aliphatic rings. The summed E-state index contributed by atoms with van der Waals surface area (Å²) in [5.74, 6) is -11.9. The van der Waals surface area contributed by atoms with E-state index in [4.69, 9.17) is 0 Å². The molecule has 176 valence electrons. The topological polar surface area (TPSA) is 37.6 Å². The van der Waals surface area contributed by atoms with E-state index in [1.807, 2.05) is 49.6 Å². The van der Waals surface area contributed by atoms with E-state index in [0.717, 1.165) is 26.2 Å². The molecule has 0 fully saturated rings. The highest BCUT2D eigenvalue weighted by atomic mass is 127. The molecular formula is C24H17F5IN3O. The van der Waals surface area contributed by atoms with E-state index in [2.05, 4.69) is 27.7 Å².